The SMILES string of the molecule is CC(NC(=O)[C@@H]1C[C@@H](O)CN1C(=O)C(n1cc(C2CC2)nn1)C(C)(C)C)c1ccc(-c2ccccc2F)cc1. The van der Waals surface area contributed by atoms with Crippen molar-refractivity contribution in [3.63, 3.8) is 0 Å². The smallest absolute Gasteiger partial charge is 0.248 e. The first-order valence-electron chi connectivity index (χ1n) is 13.6. The highest BCUT2D eigenvalue weighted by atomic mass is 19.1. The zero-order valence-corrected chi connectivity index (χ0v) is 22.8. The molecule has 9 heteroatoms. The summed E-state index contributed by atoms with van der Waals surface area (Å²) >= 11 is 0. The highest BCUT2D eigenvalue weighted by Crippen LogP contribution is 2.40. The largest absolute Gasteiger partial charge is 0.391 e. The summed E-state index contributed by atoms with van der Waals surface area (Å²) in [7, 11) is 0. The van der Waals surface area contributed by atoms with Crippen LogP contribution in [0.2, 0.25) is 0 Å². The Kier molecular flexibility index (Phi) is 7.29. The molecule has 2 aromatic carbocycles. The molecule has 2 amide bonds. The molecule has 4 atom stereocenters. The fraction of sp³-hybridized carbons (Fsp3) is 0.467. The van der Waals surface area contributed by atoms with E-state index in [1.807, 2.05) is 58.2 Å². The number of nitrogens with zero attached hydrogens (tertiary/aromatic N) is 4. The number of halogens is 1. The third-order valence-corrected chi connectivity index (χ3v) is 7.66. The minimum absolute atomic E-state index is 0.0827. The van der Waals surface area contributed by atoms with Gasteiger partial charge in [0.25, 0.3) is 0 Å². The van der Waals surface area contributed by atoms with Gasteiger partial charge < -0.3 is 15.3 Å². The fourth-order valence-electron chi connectivity index (χ4n) is 5.37. The van der Waals surface area contributed by atoms with E-state index in [0.717, 1.165) is 29.7 Å². The van der Waals surface area contributed by atoms with Crippen molar-refractivity contribution >= 4 is 11.8 Å². The zero-order valence-electron chi connectivity index (χ0n) is 22.8. The maximum atomic E-state index is 14.2. The number of likely N-dealkylation sites (tertiary alicyclic amines) is 1. The Morgan fingerprint density at radius 2 is 1.79 bits per heavy atom. The predicted molar refractivity (Wildman–Crippen MR) is 145 cm³/mol. The van der Waals surface area contributed by atoms with Crippen LogP contribution in [-0.4, -0.2) is 55.5 Å². The Hall–Kier alpha value is -3.59. The van der Waals surface area contributed by atoms with Crippen molar-refractivity contribution < 1.29 is 19.1 Å². The number of rotatable bonds is 7. The highest BCUT2D eigenvalue weighted by molar-refractivity contribution is 5.90. The second-order valence-electron chi connectivity index (χ2n) is 11.9. The van der Waals surface area contributed by atoms with E-state index in [1.165, 1.54) is 11.0 Å². The molecule has 1 aliphatic carbocycles. The van der Waals surface area contributed by atoms with Crippen LogP contribution in [-0.2, 0) is 9.59 Å². The molecule has 1 saturated carbocycles. The minimum Gasteiger partial charge on any atom is -0.391 e. The van der Waals surface area contributed by atoms with E-state index < -0.39 is 23.6 Å². The van der Waals surface area contributed by atoms with Crippen LogP contribution in [0, 0.1) is 11.2 Å². The molecule has 39 heavy (non-hydrogen) atoms. The van der Waals surface area contributed by atoms with Gasteiger partial charge in [0.1, 0.15) is 17.9 Å². The third-order valence-electron chi connectivity index (χ3n) is 7.66. The fourth-order valence-corrected chi connectivity index (χ4v) is 5.37. The number of benzene rings is 2. The van der Waals surface area contributed by atoms with Crippen molar-refractivity contribution in [2.75, 3.05) is 6.54 Å². The van der Waals surface area contributed by atoms with Crippen molar-refractivity contribution in [3.05, 3.63) is 71.8 Å². The molecule has 2 heterocycles. The Bertz CT molecular complexity index is 1350. The van der Waals surface area contributed by atoms with Crippen LogP contribution in [0.25, 0.3) is 11.1 Å². The van der Waals surface area contributed by atoms with Crippen LogP contribution < -0.4 is 5.32 Å². The number of hydrogen-bond donors (Lipinski definition) is 2. The van der Waals surface area contributed by atoms with Crippen molar-refractivity contribution in [2.45, 2.75) is 77.1 Å². The molecule has 1 aliphatic heterocycles. The predicted octanol–water partition coefficient (Wildman–Crippen LogP) is 4.39. The van der Waals surface area contributed by atoms with Gasteiger partial charge in [-0.25, -0.2) is 9.07 Å². The summed E-state index contributed by atoms with van der Waals surface area (Å²) in [6.07, 6.45) is 3.38. The second-order valence-corrected chi connectivity index (χ2v) is 11.9. The van der Waals surface area contributed by atoms with Gasteiger partial charge in [0.2, 0.25) is 11.8 Å². The Labute approximate surface area is 228 Å². The number of aliphatic hydroxyl groups is 1. The second kappa shape index (κ2) is 10.5. The molecule has 1 aromatic heterocycles. The molecule has 2 N–H and O–H groups in total. The summed E-state index contributed by atoms with van der Waals surface area (Å²) in [4.78, 5) is 28.8. The molecule has 2 unspecified atom stereocenters. The summed E-state index contributed by atoms with van der Waals surface area (Å²) in [6, 6.07) is 12.1. The Morgan fingerprint density at radius 3 is 2.44 bits per heavy atom. The molecule has 3 aromatic rings. The van der Waals surface area contributed by atoms with Gasteiger partial charge in [0.05, 0.1) is 17.8 Å². The lowest BCUT2D eigenvalue weighted by Crippen LogP contribution is -2.50. The number of carbonyl (C=O) groups is 2. The number of aromatic nitrogens is 3. The molecule has 0 spiro atoms. The first-order chi connectivity index (χ1) is 18.5. The lowest BCUT2D eigenvalue weighted by atomic mass is 9.85. The van der Waals surface area contributed by atoms with Crippen LogP contribution in [0.15, 0.2) is 54.7 Å². The summed E-state index contributed by atoms with van der Waals surface area (Å²) in [5.74, 6) is -0.466. The first kappa shape index (κ1) is 27.0. The summed E-state index contributed by atoms with van der Waals surface area (Å²) < 4.78 is 15.8. The van der Waals surface area contributed by atoms with Crippen LogP contribution in [0.3, 0.4) is 0 Å². The van der Waals surface area contributed by atoms with Crippen LogP contribution in [0.4, 0.5) is 4.39 Å². The van der Waals surface area contributed by atoms with Crippen molar-refractivity contribution in [3.8, 4) is 11.1 Å². The van der Waals surface area contributed by atoms with E-state index in [9.17, 15) is 19.1 Å². The van der Waals surface area contributed by atoms with Crippen LogP contribution in [0.1, 0.15) is 76.2 Å². The molecule has 2 aliphatic rings. The van der Waals surface area contributed by atoms with E-state index in [4.69, 9.17) is 0 Å². The molecule has 2 fully saturated rings. The maximum Gasteiger partial charge on any atom is 0.248 e. The Balaban J connectivity index is 1.31. The molecule has 5 rings (SSSR count). The lowest BCUT2D eigenvalue weighted by Gasteiger charge is -2.34. The number of hydrogen-bond acceptors (Lipinski definition) is 5. The normalized spacial score (nSPS) is 21.0. The monoisotopic (exact) mass is 533 g/mol. The van der Waals surface area contributed by atoms with Crippen LogP contribution in [0.5, 0.6) is 0 Å². The molecule has 0 radical (unpaired) electrons. The number of aliphatic hydroxyl groups excluding tert-OH is 1. The van der Waals surface area contributed by atoms with Crippen molar-refractivity contribution in [1.29, 1.82) is 0 Å². The van der Waals surface area contributed by atoms with Crippen molar-refractivity contribution in [1.82, 2.24) is 25.2 Å². The molecule has 206 valence electrons. The quantitative estimate of drug-likeness (QED) is 0.469. The minimum atomic E-state index is -0.802. The third kappa shape index (κ3) is 5.73. The zero-order chi connectivity index (χ0) is 27.9. The van der Waals surface area contributed by atoms with E-state index in [-0.39, 0.29) is 36.6 Å². The van der Waals surface area contributed by atoms with Gasteiger partial charge in [-0.2, -0.15) is 0 Å². The lowest BCUT2D eigenvalue weighted by molar-refractivity contribution is -0.144. The number of amides is 2. The Morgan fingerprint density at radius 1 is 1.10 bits per heavy atom. The van der Waals surface area contributed by atoms with Gasteiger partial charge in [-0.1, -0.05) is 68.4 Å². The molecule has 8 nitrogen and oxygen atoms in total. The molecular weight excluding hydrogens is 497 g/mol. The molecular formula is C30H36FN5O3. The topological polar surface area (TPSA) is 100 Å². The maximum absolute atomic E-state index is 14.2. The van der Waals surface area contributed by atoms with Crippen molar-refractivity contribution in [2.24, 2.45) is 5.41 Å². The summed E-state index contributed by atoms with van der Waals surface area (Å²) in [5.41, 5.74) is 2.51. The number of nitrogens with one attached hydrogen (secondary N) is 1. The van der Waals surface area contributed by atoms with E-state index >= 15 is 0 Å². The average molecular weight is 534 g/mol. The van der Waals surface area contributed by atoms with E-state index in [0.29, 0.717) is 11.5 Å². The molecule has 0 bridgehead atoms. The van der Waals surface area contributed by atoms with Crippen LogP contribution >= 0.6 is 0 Å². The number of β-amino-alcohol motifs (C(OH)–C–C–N with tert-alkyl or cyclic N) is 1. The summed E-state index contributed by atoms with van der Waals surface area (Å²) in [6.45, 7) is 7.83. The first-order valence-corrected chi connectivity index (χ1v) is 13.6. The van der Waals surface area contributed by atoms with Gasteiger partial charge in [-0.05, 0) is 42.4 Å². The molecule has 1 saturated heterocycles. The average Bonchev–Trinajstić information content (AvgIpc) is 3.50. The highest BCUT2D eigenvalue weighted by Gasteiger charge is 2.45. The van der Waals surface area contributed by atoms with Gasteiger partial charge in [0.15, 0.2) is 0 Å². The standard InChI is InChI=1S/C30H36FN5O3/c1-18(19-9-11-20(12-10-19)23-7-5-6-8-24(23)31)32-28(38)26-15-22(37)16-35(26)29(39)27(30(2,3)4)36-17-25(33-34-36)21-13-14-21/h5-12,17-18,21-22,26-27,37H,13-16H2,1-4H3,(H,32,38)/t18?,22-,26+,27?/m1/s1. The van der Waals surface area contributed by atoms with E-state index in [2.05, 4.69) is 15.6 Å². The summed E-state index contributed by atoms with van der Waals surface area (Å²) in [5, 5.41) is 22.1. The van der Waals surface area contributed by atoms with Gasteiger partial charge in [-0.3, -0.25) is 9.59 Å². The van der Waals surface area contributed by atoms with Gasteiger partial charge in [0, 0.05) is 30.6 Å². The number of carbonyl (C=O) groups excluding carboxylic acids is 2. The van der Waals surface area contributed by atoms with E-state index in [1.54, 1.807) is 22.9 Å². The van der Waals surface area contributed by atoms with Gasteiger partial charge in [-0.15, -0.1) is 5.10 Å². The van der Waals surface area contributed by atoms with Gasteiger partial charge >= 0.3 is 0 Å².